The SMILES string of the molecule is Cc1nc(Nc2ncc(C)s2)cc([C@H]2CCN(C(=O)c3cc(C(F)(F)F)[nH]n3)C2)n1. The van der Waals surface area contributed by atoms with Crippen molar-refractivity contribution in [2.45, 2.75) is 32.4 Å². The number of aromatic amines is 1. The molecule has 1 atom stereocenters. The van der Waals surface area contributed by atoms with E-state index in [9.17, 15) is 18.0 Å². The lowest BCUT2D eigenvalue weighted by Gasteiger charge is -2.15. The Kier molecular flexibility index (Phi) is 5.18. The first-order valence-electron chi connectivity index (χ1n) is 9.16. The van der Waals surface area contributed by atoms with Crippen molar-refractivity contribution in [2.24, 2.45) is 0 Å². The van der Waals surface area contributed by atoms with Crippen molar-refractivity contribution in [1.82, 2.24) is 30.0 Å². The zero-order valence-electron chi connectivity index (χ0n) is 16.1. The van der Waals surface area contributed by atoms with Crippen molar-refractivity contribution in [2.75, 3.05) is 18.4 Å². The highest BCUT2D eigenvalue weighted by Gasteiger charge is 2.36. The van der Waals surface area contributed by atoms with Crippen molar-refractivity contribution >= 4 is 28.2 Å². The molecule has 4 heterocycles. The largest absolute Gasteiger partial charge is 0.432 e. The van der Waals surface area contributed by atoms with Crippen LogP contribution in [0.1, 0.15) is 44.9 Å². The molecule has 1 fully saturated rings. The number of nitrogens with one attached hydrogen (secondary N) is 2. The molecule has 3 aromatic rings. The zero-order valence-corrected chi connectivity index (χ0v) is 16.9. The molecule has 0 aromatic carbocycles. The van der Waals surface area contributed by atoms with Gasteiger partial charge in [-0.05, 0) is 20.3 Å². The predicted octanol–water partition coefficient (Wildman–Crippen LogP) is 3.67. The molecular weight excluding hydrogens is 419 g/mol. The summed E-state index contributed by atoms with van der Waals surface area (Å²) in [5, 5.41) is 9.28. The minimum Gasteiger partial charge on any atom is -0.337 e. The van der Waals surface area contributed by atoms with Gasteiger partial charge >= 0.3 is 6.18 Å². The van der Waals surface area contributed by atoms with Gasteiger partial charge in [0.1, 0.15) is 17.3 Å². The van der Waals surface area contributed by atoms with Gasteiger partial charge in [0.2, 0.25) is 0 Å². The molecule has 0 spiro atoms. The molecule has 4 rings (SSSR count). The van der Waals surface area contributed by atoms with E-state index >= 15 is 0 Å². The number of nitrogens with zero attached hydrogens (tertiary/aromatic N) is 5. The molecule has 2 N–H and O–H groups in total. The summed E-state index contributed by atoms with van der Waals surface area (Å²) in [5.74, 6) is 0.607. The number of anilines is 2. The third-order valence-corrected chi connectivity index (χ3v) is 5.54. The minimum absolute atomic E-state index is 0.0461. The third-order valence-electron chi connectivity index (χ3n) is 4.71. The Balaban J connectivity index is 1.47. The summed E-state index contributed by atoms with van der Waals surface area (Å²) < 4.78 is 38.2. The van der Waals surface area contributed by atoms with Gasteiger partial charge < -0.3 is 10.2 Å². The van der Waals surface area contributed by atoms with Crippen LogP contribution in [0, 0.1) is 13.8 Å². The lowest BCUT2D eigenvalue weighted by Crippen LogP contribution is -2.28. The molecule has 0 bridgehead atoms. The van der Waals surface area contributed by atoms with E-state index in [-0.39, 0.29) is 11.6 Å². The number of alkyl halides is 3. The lowest BCUT2D eigenvalue weighted by atomic mass is 10.0. The molecule has 0 unspecified atom stereocenters. The number of carbonyl (C=O) groups excluding carboxylic acids is 1. The van der Waals surface area contributed by atoms with Crippen LogP contribution in [0.2, 0.25) is 0 Å². The van der Waals surface area contributed by atoms with Gasteiger partial charge in [0.05, 0.1) is 5.69 Å². The van der Waals surface area contributed by atoms with E-state index in [0.29, 0.717) is 31.2 Å². The molecule has 1 saturated heterocycles. The van der Waals surface area contributed by atoms with Gasteiger partial charge in [-0.25, -0.2) is 15.0 Å². The minimum atomic E-state index is -4.57. The first-order chi connectivity index (χ1) is 14.2. The van der Waals surface area contributed by atoms with Crippen LogP contribution < -0.4 is 5.32 Å². The van der Waals surface area contributed by atoms with Crippen LogP contribution in [-0.2, 0) is 6.18 Å². The number of halogens is 3. The van der Waals surface area contributed by atoms with E-state index in [1.54, 1.807) is 13.1 Å². The second kappa shape index (κ2) is 7.67. The van der Waals surface area contributed by atoms with Crippen LogP contribution in [0.4, 0.5) is 24.1 Å². The molecule has 0 saturated carbocycles. The number of amides is 1. The molecule has 158 valence electrons. The maximum absolute atomic E-state index is 12.7. The molecule has 8 nitrogen and oxygen atoms in total. The quantitative estimate of drug-likeness (QED) is 0.646. The third kappa shape index (κ3) is 4.27. The van der Waals surface area contributed by atoms with Gasteiger partial charge in [-0.1, -0.05) is 0 Å². The Hall–Kier alpha value is -3.02. The summed E-state index contributed by atoms with van der Waals surface area (Å²) in [5.41, 5.74) is -0.518. The Labute approximate surface area is 173 Å². The van der Waals surface area contributed by atoms with Crippen molar-refractivity contribution in [3.05, 3.63) is 46.1 Å². The Morgan fingerprint density at radius 2 is 2.10 bits per heavy atom. The summed E-state index contributed by atoms with van der Waals surface area (Å²) in [6, 6.07) is 2.56. The van der Waals surface area contributed by atoms with Crippen molar-refractivity contribution in [3.63, 3.8) is 0 Å². The summed E-state index contributed by atoms with van der Waals surface area (Å²) in [6.45, 7) is 4.50. The number of thiazole rings is 1. The van der Waals surface area contributed by atoms with E-state index in [2.05, 4.69) is 25.4 Å². The van der Waals surface area contributed by atoms with Crippen LogP contribution in [-0.4, -0.2) is 49.0 Å². The average Bonchev–Trinajstić information content (AvgIpc) is 3.41. The molecular formula is C18H18F3N7OS. The second-order valence-electron chi connectivity index (χ2n) is 7.03. The number of carbonyl (C=O) groups is 1. The standard InChI is InChI=1S/C18H18F3N7OS/c1-9-7-22-17(30-9)25-15-6-12(23-10(2)24-15)11-3-4-28(8-11)16(29)13-5-14(27-26-13)18(19,20)21/h5-7,11H,3-4,8H2,1-2H3,(H,26,27)(H,22,23,24,25)/t11-/m0/s1. The molecule has 12 heteroatoms. The highest BCUT2D eigenvalue weighted by atomic mass is 32.1. The van der Waals surface area contributed by atoms with Crippen LogP contribution in [0.3, 0.4) is 0 Å². The van der Waals surface area contributed by atoms with Gasteiger partial charge in [-0.15, -0.1) is 11.3 Å². The molecule has 1 aliphatic heterocycles. The maximum atomic E-state index is 12.7. The van der Waals surface area contributed by atoms with Crippen LogP contribution >= 0.6 is 11.3 Å². The Morgan fingerprint density at radius 1 is 1.30 bits per heavy atom. The van der Waals surface area contributed by atoms with Crippen LogP contribution in [0.25, 0.3) is 0 Å². The van der Waals surface area contributed by atoms with Gasteiger partial charge in [-0.2, -0.15) is 18.3 Å². The summed E-state index contributed by atoms with van der Waals surface area (Å²) in [4.78, 5) is 28.3. The van der Waals surface area contributed by atoms with E-state index < -0.39 is 17.8 Å². The number of aromatic nitrogens is 5. The number of likely N-dealkylation sites (tertiary alicyclic amines) is 1. The molecule has 3 aromatic heterocycles. The predicted molar refractivity (Wildman–Crippen MR) is 104 cm³/mol. The highest BCUT2D eigenvalue weighted by Crippen LogP contribution is 2.31. The Morgan fingerprint density at radius 3 is 2.77 bits per heavy atom. The van der Waals surface area contributed by atoms with E-state index in [1.165, 1.54) is 16.2 Å². The summed E-state index contributed by atoms with van der Waals surface area (Å²) in [7, 11) is 0. The molecule has 0 aliphatic carbocycles. The first-order valence-corrected chi connectivity index (χ1v) is 9.97. The van der Waals surface area contributed by atoms with Crippen LogP contribution in [0.5, 0.6) is 0 Å². The fourth-order valence-electron chi connectivity index (χ4n) is 3.31. The summed E-state index contributed by atoms with van der Waals surface area (Å²) >= 11 is 1.51. The van der Waals surface area contributed by atoms with E-state index in [4.69, 9.17) is 0 Å². The molecule has 0 radical (unpaired) electrons. The molecule has 30 heavy (non-hydrogen) atoms. The fourth-order valence-corrected chi connectivity index (χ4v) is 3.98. The highest BCUT2D eigenvalue weighted by molar-refractivity contribution is 7.15. The van der Waals surface area contributed by atoms with Crippen molar-refractivity contribution < 1.29 is 18.0 Å². The number of aryl methyl sites for hydroxylation is 2. The van der Waals surface area contributed by atoms with Crippen molar-refractivity contribution in [3.8, 4) is 0 Å². The zero-order chi connectivity index (χ0) is 21.5. The van der Waals surface area contributed by atoms with Gasteiger partial charge in [-0.3, -0.25) is 9.89 Å². The van der Waals surface area contributed by atoms with Crippen LogP contribution in [0.15, 0.2) is 18.3 Å². The monoisotopic (exact) mass is 437 g/mol. The normalized spacial score (nSPS) is 16.8. The second-order valence-corrected chi connectivity index (χ2v) is 8.26. The average molecular weight is 437 g/mol. The summed E-state index contributed by atoms with van der Waals surface area (Å²) in [6.07, 6.45) is -2.16. The molecule has 1 amide bonds. The maximum Gasteiger partial charge on any atom is 0.432 e. The lowest BCUT2D eigenvalue weighted by molar-refractivity contribution is -0.141. The van der Waals surface area contributed by atoms with Gasteiger partial charge in [0.15, 0.2) is 10.8 Å². The van der Waals surface area contributed by atoms with E-state index in [1.807, 2.05) is 18.1 Å². The number of rotatable bonds is 4. The van der Waals surface area contributed by atoms with Crippen molar-refractivity contribution in [1.29, 1.82) is 0 Å². The van der Waals surface area contributed by atoms with Gasteiger partial charge in [0.25, 0.3) is 5.91 Å². The number of hydrogen-bond acceptors (Lipinski definition) is 7. The smallest absolute Gasteiger partial charge is 0.337 e. The number of hydrogen-bond donors (Lipinski definition) is 2. The molecule has 1 aliphatic rings. The first kappa shape index (κ1) is 20.3. The fraction of sp³-hybridized carbons (Fsp3) is 0.389. The Bertz CT molecular complexity index is 1080. The van der Waals surface area contributed by atoms with E-state index in [0.717, 1.165) is 21.8 Å². The number of H-pyrrole nitrogens is 1. The van der Waals surface area contributed by atoms with Gasteiger partial charge in [0, 0.05) is 42.2 Å². The topological polar surface area (TPSA) is 99.7 Å².